The highest BCUT2D eigenvalue weighted by Gasteiger charge is 2.16. The smallest absolute Gasteiger partial charge is 0.0693 e. The van der Waals surface area contributed by atoms with Crippen LogP contribution in [0.2, 0.25) is 0 Å². The second-order valence-corrected chi connectivity index (χ2v) is 4.38. The minimum absolute atomic E-state index is 1.16. The van der Waals surface area contributed by atoms with Crippen LogP contribution in [0.3, 0.4) is 0 Å². The van der Waals surface area contributed by atoms with E-state index in [2.05, 4.69) is 21.6 Å². The summed E-state index contributed by atoms with van der Waals surface area (Å²) in [6, 6.07) is 2.20. The van der Waals surface area contributed by atoms with E-state index in [1.165, 1.54) is 34.5 Å². The Morgan fingerprint density at radius 2 is 2.38 bits per heavy atom. The van der Waals surface area contributed by atoms with Crippen LogP contribution in [-0.4, -0.2) is 10.2 Å². The molecular formula is C10H10N2S. The molecule has 3 heteroatoms. The molecule has 0 aromatic carbocycles. The number of hydrogen-bond acceptors (Lipinski definition) is 2. The third-order valence-corrected chi connectivity index (χ3v) is 3.56. The van der Waals surface area contributed by atoms with Crippen molar-refractivity contribution in [3.8, 4) is 11.3 Å². The van der Waals surface area contributed by atoms with Crippen LogP contribution in [0, 0.1) is 0 Å². The van der Waals surface area contributed by atoms with Gasteiger partial charge in [0.25, 0.3) is 0 Å². The first-order valence-corrected chi connectivity index (χ1v) is 5.42. The summed E-state index contributed by atoms with van der Waals surface area (Å²) in [6.45, 7) is 0. The summed E-state index contributed by atoms with van der Waals surface area (Å²) in [6.07, 6.45) is 5.59. The van der Waals surface area contributed by atoms with Gasteiger partial charge in [-0.05, 0) is 36.3 Å². The third kappa shape index (κ3) is 1.04. The van der Waals surface area contributed by atoms with Gasteiger partial charge in [-0.2, -0.15) is 5.10 Å². The van der Waals surface area contributed by atoms with Gasteiger partial charge in [-0.25, -0.2) is 0 Å². The SMILES string of the molecule is c1cc2c(s1)CCCc1cn[nH]c1-2. The maximum absolute atomic E-state index is 4.10. The number of nitrogens with zero attached hydrogens (tertiary/aromatic N) is 1. The second-order valence-electron chi connectivity index (χ2n) is 3.38. The largest absolute Gasteiger partial charge is 0.278 e. The number of fused-ring (bicyclic) bond motifs is 3. The Hall–Kier alpha value is -1.09. The highest BCUT2D eigenvalue weighted by Crippen LogP contribution is 2.33. The highest BCUT2D eigenvalue weighted by molar-refractivity contribution is 7.10. The maximum Gasteiger partial charge on any atom is 0.0693 e. The Labute approximate surface area is 80.6 Å². The lowest BCUT2D eigenvalue weighted by Crippen LogP contribution is -1.81. The van der Waals surface area contributed by atoms with Gasteiger partial charge >= 0.3 is 0 Å². The minimum atomic E-state index is 1.16. The van der Waals surface area contributed by atoms with Crippen LogP contribution in [0.5, 0.6) is 0 Å². The lowest BCUT2D eigenvalue weighted by atomic mass is 10.1. The van der Waals surface area contributed by atoms with Crippen molar-refractivity contribution < 1.29 is 0 Å². The van der Waals surface area contributed by atoms with E-state index in [1.807, 2.05) is 17.5 Å². The molecule has 0 saturated heterocycles. The third-order valence-electron chi connectivity index (χ3n) is 2.58. The zero-order chi connectivity index (χ0) is 8.67. The van der Waals surface area contributed by atoms with Crippen LogP contribution in [0.4, 0.5) is 0 Å². The van der Waals surface area contributed by atoms with Crippen molar-refractivity contribution in [2.45, 2.75) is 19.3 Å². The molecule has 0 saturated carbocycles. The number of aromatic nitrogens is 2. The van der Waals surface area contributed by atoms with Crippen molar-refractivity contribution in [1.82, 2.24) is 10.2 Å². The fourth-order valence-corrected chi connectivity index (χ4v) is 2.86. The molecule has 0 aliphatic heterocycles. The molecule has 0 fully saturated rings. The summed E-state index contributed by atoms with van der Waals surface area (Å²) >= 11 is 1.86. The van der Waals surface area contributed by atoms with E-state index < -0.39 is 0 Å². The molecule has 66 valence electrons. The summed E-state index contributed by atoms with van der Waals surface area (Å²) in [4.78, 5) is 1.50. The standard InChI is InChI=1S/C10H10N2S/c1-2-7-6-11-12-10(7)8-4-5-13-9(8)3-1/h4-6H,1-3H2,(H,11,12). The number of hydrogen-bond donors (Lipinski definition) is 1. The van der Waals surface area contributed by atoms with Crippen molar-refractivity contribution in [1.29, 1.82) is 0 Å². The first kappa shape index (κ1) is 7.33. The van der Waals surface area contributed by atoms with E-state index in [-0.39, 0.29) is 0 Å². The van der Waals surface area contributed by atoms with Crippen LogP contribution in [-0.2, 0) is 12.8 Å². The van der Waals surface area contributed by atoms with Gasteiger partial charge in [-0.1, -0.05) is 0 Å². The Morgan fingerprint density at radius 1 is 1.38 bits per heavy atom. The average Bonchev–Trinajstić information content (AvgIpc) is 2.72. The van der Waals surface area contributed by atoms with E-state index in [0.29, 0.717) is 0 Å². The van der Waals surface area contributed by atoms with Crippen molar-refractivity contribution in [2.24, 2.45) is 0 Å². The van der Waals surface area contributed by atoms with E-state index in [0.717, 1.165) is 6.42 Å². The van der Waals surface area contributed by atoms with Crippen molar-refractivity contribution in [2.75, 3.05) is 0 Å². The van der Waals surface area contributed by atoms with Gasteiger partial charge in [0.05, 0.1) is 11.9 Å². The number of thiophene rings is 1. The summed E-state index contributed by atoms with van der Waals surface area (Å²) in [5.74, 6) is 0. The van der Waals surface area contributed by atoms with Crippen LogP contribution in [0.15, 0.2) is 17.6 Å². The molecule has 0 amide bonds. The molecule has 0 bridgehead atoms. The molecule has 1 aliphatic carbocycles. The summed E-state index contributed by atoms with van der Waals surface area (Å²) in [5.41, 5.74) is 3.99. The summed E-state index contributed by atoms with van der Waals surface area (Å²) in [5, 5.41) is 9.37. The predicted octanol–water partition coefficient (Wildman–Crippen LogP) is 2.63. The number of aromatic amines is 1. The van der Waals surface area contributed by atoms with Crippen molar-refractivity contribution in [3.63, 3.8) is 0 Å². The zero-order valence-corrected chi connectivity index (χ0v) is 8.03. The molecule has 1 N–H and O–H groups in total. The average molecular weight is 190 g/mol. The van der Waals surface area contributed by atoms with Crippen LogP contribution in [0.1, 0.15) is 16.9 Å². The molecule has 0 atom stereocenters. The lowest BCUT2D eigenvalue weighted by molar-refractivity contribution is 0.843. The Morgan fingerprint density at radius 3 is 3.38 bits per heavy atom. The first-order valence-electron chi connectivity index (χ1n) is 4.54. The van der Waals surface area contributed by atoms with Crippen LogP contribution < -0.4 is 0 Å². The molecule has 2 aromatic rings. The Bertz CT molecular complexity index is 387. The van der Waals surface area contributed by atoms with Gasteiger partial charge in [-0.3, -0.25) is 5.10 Å². The monoisotopic (exact) mass is 190 g/mol. The van der Waals surface area contributed by atoms with Crippen molar-refractivity contribution >= 4 is 11.3 Å². The second kappa shape index (κ2) is 2.70. The minimum Gasteiger partial charge on any atom is -0.278 e. The maximum atomic E-state index is 4.10. The lowest BCUT2D eigenvalue weighted by Gasteiger charge is -1.95. The highest BCUT2D eigenvalue weighted by atomic mass is 32.1. The van der Waals surface area contributed by atoms with E-state index in [4.69, 9.17) is 0 Å². The normalized spacial score (nSPS) is 14.8. The van der Waals surface area contributed by atoms with Gasteiger partial charge in [0.15, 0.2) is 0 Å². The predicted molar refractivity (Wildman–Crippen MR) is 53.9 cm³/mol. The Kier molecular flexibility index (Phi) is 1.52. The fourth-order valence-electron chi connectivity index (χ4n) is 1.93. The van der Waals surface area contributed by atoms with E-state index in [9.17, 15) is 0 Å². The van der Waals surface area contributed by atoms with E-state index >= 15 is 0 Å². The first-order chi connectivity index (χ1) is 6.45. The molecule has 0 spiro atoms. The van der Waals surface area contributed by atoms with Crippen LogP contribution in [0.25, 0.3) is 11.3 Å². The molecule has 0 radical (unpaired) electrons. The number of rotatable bonds is 0. The Balaban J connectivity index is 2.27. The molecule has 1 aliphatic rings. The number of nitrogens with one attached hydrogen (secondary N) is 1. The summed E-state index contributed by atoms with van der Waals surface area (Å²) < 4.78 is 0. The van der Waals surface area contributed by atoms with Crippen molar-refractivity contribution in [3.05, 3.63) is 28.1 Å². The van der Waals surface area contributed by atoms with Gasteiger partial charge in [0.1, 0.15) is 0 Å². The van der Waals surface area contributed by atoms with Gasteiger partial charge in [0.2, 0.25) is 0 Å². The van der Waals surface area contributed by atoms with E-state index in [1.54, 1.807) is 0 Å². The molecular weight excluding hydrogens is 180 g/mol. The molecule has 3 rings (SSSR count). The quantitative estimate of drug-likeness (QED) is 0.679. The van der Waals surface area contributed by atoms with Crippen LogP contribution >= 0.6 is 11.3 Å². The summed E-state index contributed by atoms with van der Waals surface area (Å²) in [7, 11) is 0. The number of aryl methyl sites for hydroxylation is 2. The van der Waals surface area contributed by atoms with Gasteiger partial charge < -0.3 is 0 Å². The molecule has 0 unspecified atom stereocenters. The molecule has 2 heterocycles. The zero-order valence-electron chi connectivity index (χ0n) is 7.21. The topological polar surface area (TPSA) is 28.7 Å². The molecule has 2 nitrogen and oxygen atoms in total. The molecule has 13 heavy (non-hydrogen) atoms. The van der Waals surface area contributed by atoms with Gasteiger partial charge in [-0.15, -0.1) is 11.3 Å². The number of H-pyrrole nitrogens is 1. The molecule has 2 aromatic heterocycles. The fraction of sp³-hybridized carbons (Fsp3) is 0.300. The van der Waals surface area contributed by atoms with Gasteiger partial charge in [0, 0.05) is 10.4 Å².